The van der Waals surface area contributed by atoms with Gasteiger partial charge < -0.3 is 15.5 Å². The molecule has 3 amide bonds. The van der Waals surface area contributed by atoms with Gasteiger partial charge in [0.2, 0.25) is 11.8 Å². The van der Waals surface area contributed by atoms with Crippen molar-refractivity contribution >= 4 is 29.3 Å². The van der Waals surface area contributed by atoms with Crippen LogP contribution in [0.1, 0.15) is 56.8 Å². The van der Waals surface area contributed by atoms with Gasteiger partial charge in [-0.25, -0.2) is 0 Å². The van der Waals surface area contributed by atoms with Crippen molar-refractivity contribution < 1.29 is 14.4 Å². The molecule has 0 bridgehead atoms. The van der Waals surface area contributed by atoms with Crippen molar-refractivity contribution in [2.24, 2.45) is 5.92 Å². The third-order valence-electron chi connectivity index (χ3n) is 5.35. The van der Waals surface area contributed by atoms with E-state index in [-0.39, 0.29) is 29.7 Å². The highest BCUT2D eigenvalue weighted by Gasteiger charge is 2.34. The van der Waals surface area contributed by atoms with Gasteiger partial charge in [-0.05, 0) is 44.2 Å². The molecular weight excluding hydrogens is 378 g/mol. The third-order valence-corrected chi connectivity index (χ3v) is 5.68. The molecule has 1 fully saturated rings. The summed E-state index contributed by atoms with van der Waals surface area (Å²) in [4.78, 5) is 39.4. The number of carbonyl (C=O) groups excluding carboxylic acids is 3. The molecule has 0 radical (unpaired) electrons. The first kappa shape index (κ1) is 22.2. The van der Waals surface area contributed by atoms with Crippen LogP contribution >= 0.6 is 11.6 Å². The Labute approximate surface area is 172 Å². The van der Waals surface area contributed by atoms with Crippen LogP contribution in [0.3, 0.4) is 0 Å². The molecule has 1 aliphatic heterocycles. The fraction of sp³-hybridized carbons (Fsp3) is 0.571. The van der Waals surface area contributed by atoms with Gasteiger partial charge in [0.05, 0.1) is 10.6 Å². The second-order valence-electron chi connectivity index (χ2n) is 7.32. The van der Waals surface area contributed by atoms with Crippen LogP contribution in [0.15, 0.2) is 24.3 Å². The lowest BCUT2D eigenvalue weighted by Crippen LogP contribution is -2.55. The lowest BCUT2D eigenvalue weighted by Gasteiger charge is -2.36. The largest absolute Gasteiger partial charge is 0.352 e. The molecule has 0 aromatic heterocycles. The van der Waals surface area contributed by atoms with Crippen molar-refractivity contribution in [3.05, 3.63) is 34.9 Å². The molecule has 2 atom stereocenters. The molecule has 6 nitrogen and oxygen atoms in total. The van der Waals surface area contributed by atoms with Crippen molar-refractivity contribution in [2.75, 3.05) is 13.1 Å². The van der Waals surface area contributed by atoms with Gasteiger partial charge in [0.15, 0.2) is 0 Å². The van der Waals surface area contributed by atoms with E-state index < -0.39 is 6.04 Å². The normalized spacial score (nSPS) is 16.9. The predicted molar refractivity (Wildman–Crippen MR) is 110 cm³/mol. The summed E-state index contributed by atoms with van der Waals surface area (Å²) < 4.78 is 0. The van der Waals surface area contributed by atoms with Crippen molar-refractivity contribution in [1.29, 1.82) is 0 Å². The van der Waals surface area contributed by atoms with Crippen LogP contribution in [0.25, 0.3) is 0 Å². The molecule has 2 rings (SSSR count). The number of nitrogens with one attached hydrogen (secondary N) is 2. The first-order valence-electron chi connectivity index (χ1n) is 10.0. The van der Waals surface area contributed by atoms with E-state index in [1.807, 2.05) is 25.7 Å². The van der Waals surface area contributed by atoms with E-state index in [0.29, 0.717) is 42.9 Å². The number of rotatable bonds is 7. The van der Waals surface area contributed by atoms with E-state index in [0.717, 1.165) is 6.42 Å². The predicted octanol–water partition coefficient (Wildman–Crippen LogP) is 3.00. The quantitative estimate of drug-likeness (QED) is 0.729. The molecule has 0 unspecified atom stereocenters. The van der Waals surface area contributed by atoms with Crippen LogP contribution in [0, 0.1) is 5.92 Å². The number of hydrogen-bond acceptors (Lipinski definition) is 3. The van der Waals surface area contributed by atoms with E-state index in [1.165, 1.54) is 0 Å². The fourth-order valence-corrected chi connectivity index (χ4v) is 3.62. The smallest absolute Gasteiger partial charge is 0.253 e. The summed E-state index contributed by atoms with van der Waals surface area (Å²) >= 11 is 6.14. The molecule has 2 N–H and O–H groups in total. The second kappa shape index (κ2) is 10.5. The summed E-state index contributed by atoms with van der Waals surface area (Å²) in [6.07, 6.45) is 2.63. The van der Waals surface area contributed by atoms with E-state index in [1.54, 1.807) is 24.3 Å². The Hall–Kier alpha value is -2.08. The van der Waals surface area contributed by atoms with Gasteiger partial charge in [0, 0.05) is 25.6 Å². The number of amides is 3. The molecule has 154 valence electrons. The first-order chi connectivity index (χ1) is 13.4. The van der Waals surface area contributed by atoms with Crippen molar-refractivity contribution in [3.63, 3.8) is 0 Å². The molecule has 1 aromatic rings. The summed E-state index contributed by atoms with van der Waals surface area (Å²) in [6.45, 7) is 6.99. The Morgan fingerprint density at radius 2 is 1.79 bits per heavy atom. The maximum absolute atomic E-state index is 12.9. The van der Waals surface area contributed by atoms with Crippen LogP contribution < -0.4 is 10.6 Å². The number of halogens is 1. The molecular formula is C21H30ClN3O3. The molecule has 1 heterocycles. The summed E-state index contributed by atoms with van der Waals surface area (Å²) in [5, 5.41) is 6.22. The highest BCUT2D eigenvalue weighted by molar-refractivity contribution is 6.33. The molecule has 28 heavy (non-hydrogen) atoms. The maximum Gasteiger partial charge on any atom is 0.253 e. The number of likely N-dealkylation sites (tertiary alicyclic amines) is 1. The molecule has 1 aromatic carbocycles. The third kappa shape index (κ3) is 5.71. The van der Waals surface area contributed by atoms with E-state index in [4.69, 9.17) is 11.6 Å². The zero-order valence-electron chi connectivity index (χ0n) is 16.8. The van der Waals surface area contributed by atoms with Gasteiger partial charge in [-0.1, -0.05) is 37.6 Å². The second-order valence-corrected chi connectivity index (χ2v) is 7.73. The topological polar surface area (TPSA) is 78.5 Å². The molecule has 0 spiro atoms. The standard InChI is InChI=1S/C21H30ClN3O3/c1-4-14(3)23-21(28)19(15-10-12-25(13-11-15)18(26)5-2)24-20(27)16-8-6-7-9-17(16)22/h6-9,14-15,19H,4-5,10-13H2,1-3H3,(H,23,28)(H,24,27)/t14-,19+/m0/s1. The van der Waals surface area contributed by atoms with Gasteiger partial charge >= 0.3 is 0 Å². The number of nitrogens with zero attached hydrogens (tertiary/aromatic N) is 1. The van der Waals surface area contributed by atoms with Gasteiger partial charge in [-0.15, -0.1) is 0 Å². The molecule has 7 heteroatoms. The van der Waals surface area contributed by atoms with Crippen molar-refractivity contribution in [2.45, 2.75) is 58.5 Å². The Morgan fingerprint density at radius 1 is 1.14 bits per heavy atom. The van der Waals surface area contributed by atoms with Gasteiger partial charge in [0.1, 0.15) is 6.04 Å². The van der Waals surface area contributed by atoms with Gasteiger partial charge in [-0.3, -0.25) is 14.4 Å². The monoisotopic (exact) mass is 407 g/mol. The lowest BCUT2D eigenvalue weighted by atomic mass is 9.88. The van der Waals surface area contributed by atoms with Crippen LogP contribution in [0.2, 0.25) is 5.02 Å². The van der Waals surface area contributed by atoms with E-state index in [2.05, 4.69) is 10.6 Å². The summed E-state index contributed by atoms with van der Waals surface area (Å²) in [6, 6.07) is 6.16. The van der Waals surface area contributed by atoms with Gasteiger partial charge in [0.25, 0.3) is 5.91 Å². The zero-order chi connectivity index (χ0) is 20.7. The Balaban J connectivity index is 2.13. The minimum absolute atomic E-state index is 0.0222. The first-order valence-corrected chi connectivity index (χ1v) is 10.4. The van der Waals surface area contributed by atoms with E-state index in [9.17, 15) is 14.4 Å². The van der Waals surface area contributed by atoms with Crippen LogP contribution in [-0.4, -0.2) is 47.8 Å². The summed E-state index contributed by atoms with van der Waals surface area (Å²) in [5.74, 6) is -0.451. The van der Waals surface area contributed by atoms with Crippen molar-refractivity contribution in [3.8, 4) is 0 Å². The number of carbonyl (C=O) groups is 3. The van der Waals surface area contributed by atoms with Crippen LogP contribution in [-0.2, 0) is 9.59 Å². The Morgan fingerprint density at radius 3 is 2.36 bits per heavy atom. The number of benzene rings is 1. The molecule has 0 aliphatic carbocycles. The minimum Gasteiger partial charge on any atom is -0.352 e. The fourth-order valence-electron chi connectivity index (χ4n) is 3.40. The highest BCUT2D eigenvalue weighted by Crippen LogP contribution is 2.23. The zero-order valence-corrected chi connectivity index (χ0v) is 17.6. The summed E-state index contributed by atoms with van der Waals surface area (Å²) in [5.41, 5.74) is 0.351. The van der Waals surface area contributed by atoms with Gasteiger partial charge in [-0.2, -0.15) is 0 Å². The van der Waals surface area contributed by atoms with E-state index >= 15 is 0 Å². The SMILES string of the molecule is CCC(=O)N1CCC([C@@H](NC(=O)c2ccccc2Cl)C(=O)N[C@@H](C)CC)CC1. The lowest BCUT2D eigenvalue weighted by molar-refractivity contribution is -0.132. The Bertz CT molecular complexity index is 702. The van der Waals surface area contributed by atoms with Crippen LogP contribution in [0.5, 0.6) is 0 Å². The molecule has 1 aliphatic rings. The highest BCUT2D eigenvalue weighted by atomic mass is 35.5. The average molecular weight is 408 g/mol. The molecule has 0 saturated carbocycles. The maximum atomic E-state index is 12.9. The number of hydrogen-bond donors (Lipinski definition) is 2. The minimum atomic E-state index is -0.656. The average Bonchev–Trinajstić information content (AvgIpc) is 2.71. The molecule has 1 saturated heterocycles. The Kier molecular flexibility index (Phi) is 8.30. The summed E-state index contributed by atoms with van der Waals surface area (Å²) in [7, 11) is 0. The van der Waals surface area contributed by atoms with Crippen LogP contribution in [0.4, 0.5) is 0 Å². The van der Waals surface area contributed by atoms with Crippen molar-refractivity contribution in [1.82, 2.24) is 15.5 Å². The number of piperidine rings is 1.